The highest BCUT2D eigenvalue weighted by molar-refractivity contribution is 5.94. The van der Waals surface area contributed by atoms with Gasteiger partial charge in [-0.15, -0.1) is 0 Å². The third kappa shape index (κ3) is 1.80. The van der Waals surface area contributed by atoms with Crippen molar-refractivity contribution in [1.29, 1.82) is 0 Å². The minimum Gasteiger partial charge on any atom is -0.253 e. The molecule has 0 unspecified atom stereocenters. The van der Waals surface area contributed by atoms with Gasteiger partial charge in [-0.1, -0.05) is 48.5 Å². The lowest BCUT2D eigenvalue weighted by Gasteiger charge is -2.07. The van der Waals surface area contributed by atoms with E-state index in [-0.39, 0.29) is 0 Å². The number of aryl methyl sites for hydroxylation is 1. The molecule has 0 bridgehead atoms. The fraction of sp³-hybridized carbons (Fsp3) is 0.0625. The third-order valence-electron chi connectivity index (χ3n) is 2.93. The highest BCUT2D eigenvalue weighted by Crippen LogP contribution is 2.28. The number of hydrogen-bond acceptors (Lipinski definition) is 1. The van der Waals surface area contributed by atoms with Crippen LogP contribution in [-0.4, -0.2) is 4.98 Å². The minimum absolute atomic E-state index is 1.06. The summed E-state index contributed by atoms with van der Waals surface area (Å²) in [5, 5.41) is 1.21. The maximum atomic E-state index is 4.56. The number of aromatic nitrogens is 1. The zero-order valence-electron chi connectivity index (χ0n) is 9.72. The van der Waals surface area contributed by atoms with Crippen molar-refractivity contribution in [3.05, 3.63) is 66.4 Å². The number of para-hydroxylation sites is 1. The van der Waals surface area contributed by atoms with E-state index in [4.69, 9.17) is 0 Å². The molecule has 1 heteroatoms. The van der Waals surface area contributed by atoms with E-state index in [1.807, 2.05) is 19.1 Å². The maximum Gasteiger partial charge on any atom is 0.0711 e. The van der Waals surface area contributed by atoms with Crippen molar-refractivity contribution in [2.24, 2.45) is 0 Å². The zero-order valence-corrected chi connectivity index (χ0v) is 9.72. The molecule has 0 saturated heterocycles. The van der Waals surface area contributed by atoms with E-state index < -0.39 is 0 Å². The molecule has 17 heavy (non-hydrogen) atoms. The Morgan fingerprint density at radius 3 is 2.35 bits per heavy atom. The lowest BCUT2D eigenvalue weighted by molar-refractivity contribution is 1.26. The van der Waals surface area contributed by atoms with Gasteiger partial charge in [-0.25, -0.2) is 0 Å². The Balaban J connectivity index is 2.36. The highest BCUT2D eigenvalue weighted by atomic mass is 14.7. The Bertz CT molecular complexity index is 657. The summed E-state index contributed by atoms with van der Waals surface area (Å²) < 4.78 is 0. The van der Waals surface area contributed by atoms with Gasteiger partial charge in [0.2, 0.25) is 0 Å². The van der Waals surface area contributed by atoms with Gasteiger partial charge in [0.05, 0.1) is 5.52 Å². The average Bonchev–Trinajstić information content (AvgIpc) is 2.39. The number of fused-ring (bicyclic) bond motifs is 1. The molecule has 0 aliphatic heterocycles. The van der Waals surface area contributed by atoms with Crippen molar-refractivity contribution in [2.75, 3.05) is 0 Å². The summed E-state index contributed by atoms with van der Waals surface area (Å²) in [5.74, 6) is 0. The van der Waals surface area contributed by atoms with Gasteiger partial charge in [0.15, 0.2) is 0 Å². The summed E-state index contributed by atoms with van der Waals surface area (Å²) in [5.41, 5.74) is 4.62. The molecule has 0 spiro atoms. The van der Waals surface area contributed by atoms with Gasteiger partial charge in [-0.2, -0.15) is 0 Å². The fourth-order valence-corrected chi connectivity index (χ4v) is 2.16. The fourth-order valence-electron chi connectivity index (χ4n) is 2.16. The van der Waals surface area contributed by atoms with Crippen LogP contribution in [0, 0.1) is 6.92 Å². The SMILES string of the molecule is Cc1cc(-c2ccccc2)c2ccccc2n1. The van der Waals surface area contributed by atoms with Gasteiger partial charge < -0.3 is 0 Å². The van der Waals surface area contributed by atoms with Crippen molar-refractivity contribution >= 4 is 10.9 Å². The van der Waals surface area contributed by atoms with Crippen LogP contribution in [-0.2, 0) is 0 Å². The first-order valence-corrected chi connectivity index (χ1v) is 5.76. The van der Waals surface area contributed by atoms with Crippen LogP contribution in [0.15, 0.2) is 60.7 Å². The summed E-state index contributed by atoms with van der Waals surface area (Å²) in [7, 11) is 0. The van der Waals surface area contributed by atoms with Crippen molar-refractivity contribution in [1.82, 2.24) is 4.98 Å². The van der Waals surface area contributed by atoms with Crippen LogP contribution < -0.4 is 0 Å². The van der Waals surface area contributed by atoms with E-state index in [2.05, 4.69) is 53.5 Å². The normalized spacial score (nSPS) is 10.6. The van der Waals surface area contributed by atoms with Gasteiger partial charge in [0.25, 0.3) is 0 Å². The molecule has 0 atom stereocenters. The van der Waals surface area contributed by atoms with Gasteiger partial charge in [0.1, 0.15) is 0 Å². The van der Waals surface area contributed by atoms with Crippen LogP contribution in [0.4, 0.5) is 0 Å². The molecule has 0 saturated carbocycles. The Hall–Kier alpha value is -2.15. The monoisotopic (exact) mass is 219 g/mol. The molecular formula is C16H13N. The first-order chi connectivity index (χ1) is 8.34. The Morgan fingerprint density at radius 1 is 0.824 bits per heavy atom. The molecule has 0 aliphatic carbocycles. The van der Waals surface area contributed by atoms with Gasteiger partial charge in [-0.05, 0) is 30.2 Å². The summed E-state index contributed by atoms with van der Waals surface area (Å²) in [6, 6.07) is 20.9. The standard InChI is InChI=1S/C16H13N/c1-12-11-15(13-7-3-2-4-8-13)14-9-5-6-10-16(14)17-12/h2-11H,1H3. The van der Waals surface area contributed by atoms with Crippen molar-refractivity contribution in [3.8, 4) is 11.1 Å². The summed E-state index contributed by atoms with van der Waals surface area (Å²) in [6.45, 7) is 2.04. The largest absolute Gasteiger partial charge is 0.253 e. The zero-order chi connectivity index (χ0) is 11.7. The summed E-state index contributed by atoms with van der Waals surface area (Å²) in [4.78, 5) is 4.56. The lowest BCUT2D eigenvalue weighted by atomic mass is 10.0. The van der Waals surface area contributed by atoms with E-state index in [1.165, 1.54) is 16.5 Å². The predicted octanol–water partition coefficient (Wildman–Crippen LogP) is 4.21. The molecule has 3 aromatic rings. The molecule has 1 nitrogen and oxygen atoms in total. The number of nitrogens with zero attached hydrogens (tertiary/aromatic N) is 1. The van der Waals surface area contributed by atoms with Crippen LogP contribution in [0.2, 0.25) is 0 Å². The number of benzene rings is 2. The van der Waals surface area contributed by atoms with Crippen molar-refractivity contribution < 1.29 is 0 Å². The van der Waals surface area contributed by atoms with E-state index in [1.54, 1.807) is 0 Å². The van der Waals surface area contributed by atoms with Crippen LogP contribution in [0.3, 0.4) is 0 Å². The van der Waals surface area contributed by atoms with Crippen LogP contribution in [0.5, 0.6) is 0 Å². The highest BCUT2D eigenvalue weighted by Gasteiger charge is 2.04. The molecule has 0 fully saturated rings. The smallest absolute Gasteiger partial charge is 0.0711 e. The van der Waals surface area contributed by atoms with Gasteiger partial charge in [0, 0.05) is 11.1 Å². The Morgan fingerprint density at radius 2 is 1.53 bits per heavy atom. The first kappa shape index (κ1) is 10.0. The Kier molecular flexibility index (Phi) is 2.37. The van der Waals surface area contributed by atoms with E-state index >= 15 is 0 Å². The molecular weight excluding hydrogens is 206 g/mol. The molecule has 0 radical (unpaired) electrons. The number of rotatable bonds is 1. The summed E-state index contributed by atoms with van der Waals surface area (Å²) in [6.07, 6.45) is 0. The molecule has 1 aromatic heterocycles. The van der Waals surface area contributed by atoms with Crippen molar-refractivity contribution in [2.45, 2.75) is 6.92 Å². The molecule has 0 amide bonds. The van der Waals surface area contributed by atoms with Crippen LogP contribution in [0.1, 0.15) is 5.69 Å². The number of hydrogen-bond donors (Lipinski definition) is 0. The topological polar surface area (TPSA) is 12.9 Å². The first-order valence-electron chi connectivity index (χ1n) is 5.76. The van der Waals surface area contributed by atoms with Crippen LogP contribution >= 0.6 is 0 Å². The van der Waals surface area contributed by atoms with Gasteiger partial charge in [-0.3, -0.25) is 4.98 Å². The van der Waals surface area contributed by atoms with E-state index in [9.17, 15) is 0 Å². The molecule has 0 N–H and O–H groups in total. The summed E-state index contributed by atoms with van der Waals surface area (Å²) >= 11 is 0. The number of pyridine rings is 1. The van der Waals surface area contributed by atoms with Crippen LogP contribution in [0.25, 0.3) is 22.0 Å². The Labute approximate surface area is 101 Å². The van der Waals surface area contributed by atoms with Crippen molar-refractivity contribution in [3.63, 3.8) is 0 Å². The van der Waals surface area contributed by atoms with E-state index in [0.29, 0.717) is 0 Å². The second kappa shape index (κ2) is 4.02. The molecule has 82 valence electrons. The second-order valence-electron chi connectivity index (χ2n) is 4.19. The second-order valence-corrected chi connectivity index (χ2v) is 4.19. The average molecular weight is 219 g/mol. The predicted molar refractivity (Wildman–Crippen MR) is 71.9 cm³/mol. The minimum atomic E-state index is 1.06. The molecule has 3 rings (SSSR count). The van der Waals surface area contributed by atoms with Gasteiger partial charge >= 0.3 is 0 Å². The maximum absolute atomic E-state index is 4.56. The quantitative estimate of drug-likeness (QED) is 0.597. The molecule has 0 aliphatic rings. The third-order valence-corrected chi connectivity index (χ3v) is 2.93. The van der Waals surface area contributed by atoms with E-state index in [0.717, 1.165) is 11.2 Å². The molecule has 2 aromatic carbocycles. The lowest BCUT2D eigenvalue weighted by Crippen LogP contribution is -1.87. The molecule has 1 heterocycles.